The summed E-state index contributed by atoms with van der Waals surface area (Å²) in [7, 11) is 1.57. The summed E-state index contributed by atoms with van der Waals surface area (Å²) in [6.45, 7) is 0.940. The van der Waals surface area contributed by atoms with Gasteiger partial charge in [-0.1, -0.05) is 25.6 Å². The zero-order chi connectivity index (χ0) is 23.3. The Morgan fingerprint density at radius 3 is 2.25 bits per heavy atom. The number of alkyl halides is 2. The second-order valence-corrected chi connectivity index (χ2v) is 8.19. The van der Waals surface area contributed by atoms with Gasteiger partial charge >= 0.3 is 6.61 Å². The third kappa shape index (κ3) is 5.67. The minimum absolute atomic E-state index is 0.0239. The summed E-state index contributed by atoms with van der Waals surface area (Å²) in [6.07, 6.45) is 0. The Bertz CT molecular complexity index is 1040. The normalized spacial score (nSPS) is 12.1. The highest BCUT2D eigenvalue weighted by molar-refractivity contribution is 8.00. The molecule has 1 amide bonds. The van der Waals surface area contributed by atoms with Crippen LogP contribution in [0.3, 0.4) is 0 Å². The van der Waals surface area contributed by atoms with E-state index in [0.717, 1.165) is 0 Å². The van der Waals surface area contributed by atoms with Crippen LogP contribution in [0.5, 0.6) is 11.5 Å². The number of hydrogen-bond acceptors (Lipinski definition) is 7. The molecule has 0 radical (unpaired) electrons. The number of ether oxygens (including phenoxy) is 2. The number of amides is 1. The number of halogens is 2. The summed E-state index contributed by atoms with van der Waals surface area (Å²) < 4.78 is 35.4. The number of benzene rings is 2. The van der Waals surface area contributed by atoms with Crippen molar-refractivity contribution in [2.75, 3.05) is 18.3 Å². The molecule has 0 spiro atoms. The minimum Gasteiger partial charge on any atom is -0.497 e. The number of anilines is 1. The Morgan fingerprint density at radius 1 is 1.06 bits per heavy atom. The van der Waals surface area contributed by atoms with Crippen molar-refractivity contribution < 1.29 is 23.0 Å². The lowest BCUT2D eigenvalue weighted by Gasteiger charge is -2.19. The monoisotopic (exact) mass is 463 g/mol. The van der Waals surface area contributed by atoms with E-state index in [9.17, 15) is 13.6 Å². The van der Waals surface area contributed by atoms with Gasteiger partial charge in [0, 0.05) is 11.3 Å². The van der Waals surface area contributed by atoms with Crippen molar-refractivity contribution in [3.05, 3.63) is 48.5 Å². The third-order valence-electron chi connectivity index (χ3n) is 4.46. The van der Waals surface area contributed by atoms with Gasteiger partial charge in [-0.2, -0.15) is 8.78 Å². The van der Waals surface area contributed by atoms with Gasteiger partial charge < -0.3 is 20.6 Å². The number of rotatable bonds is 9. The van der Waals surface area contributed by atoms with Crippen molar-refractivity contribution in [2.45, 2.75) is 30.9 Å². The van der Waals surface area contributed by atoms with Crippen LogP contribution < -0.4 is 20.6 Å². The molecule has 0 fully saturated rings. The third-order valence-corrected chi connectivity index (χ3v) is 5.96. The van der Waals surface area contributed by atoms with Gasteiger partial charge in [0.15, 0.2) is 5.82 Å². The standard InChI is InChI=1S/C21H23F2N5O3S/c1-12(2)17(19(29)25-14-6-10-15(30-3)11-7-14)32-21-27-26-18(28(21)24)13-4-8-16(9-5-13)31-20(22)23/h4-12,17,20H,24H2,1-3H3,(H,25,29). The SMILES string of the molecule is COc1ccc(NC(=O)C(Sc2nnc(-c3ccc(OC(F)F)cc3)n2N)C(C)C)cc1. The Balaban J connectivity index is 1.73. The van der Waals surface area contributed by atoms with Crippen LogP contribution in [-0.4, -0.2) is 39.8 Å². The molecule has 1 unspecified atom stereocenters. The first-order chi connectivity index (χ1) is 15.3. The Morgan fingerprint density at radius 2 is 1.69 bits per heavy atom. The van der Waals surface area contributed by atoms with Gasteiger partial charge in [-0.15, -0.1) is 10.2 Å². The summed E-state index contributed by atoms with van der Waals surface area (Å²) in [6, 6.07) is 12.9. The lowest BCUT2D eigenvalue weighted by atomic mass is 10.1. The fourth-order valence-electron chi connectivity index (χ4n) is 2.83. The average molecular weight is 464 g/mol. The second kappa shape index (κ2) is 10.3. The molecular formula is C21H23F2N5O3S. The van der Waals surface area contributed by atoms with Gasteiger partial charge in [-0.05, 0) is 54.4 Å². The van der Waals surface area contributed by atoms with E-state index in [1.807, 2.05) is 13.8 Å². The molecule has 170 valence electrons. The van der Waals surface area contributed by atoms with Crippen molar-refractivity contribution in [2.24, 2.45) is 5.92 Å². The summed E-state index contributed by atoms with van der Waals surface area (Å²) in [5.74, 6) is 6.98. The summed E-state index contributed by atoms with van der Waals surface area (Å²) in [4.78, 5) is 12.9. The quantitative estimate of drug-likeness (QED) is 0.365. The van der Waals surface area contributed by atoms with Gasteiger partial charge in [0.25, 0.3) is 0 Å². The molecule has 3 N–H and O–H groups in total. The maximum absolute atomic E-state index is 12.9. The lowest BCUT2D eigenvalue weighted by Crippen LogP contribution is -2.30. The summed E-state index contributed by atoms with van der Waals surface area (Å²) in [5.41, 5.74) is 1.21. The van der Waals surface area contributed by atoms with E-state index in [-0.39, 0.29) is 17.6 Å². The molecule has 0 saturated carbocycles. The van der Waals surface area contributed by atoms with Crippen LogP contribution >= 0.6 is 11.8 Å². The van der Waals surface area contributed by atoms with E-state index in [1.165, 1.54) is 28.6 Å². The lowest BCUT2D eigenvalue weighted by molar-refractivity contribution is -0.116. The van der Waals surface area contributed by atoms with E-state index < -0.39 is 11.9 Å². The Labute approximate surface area is 188 Å². The molecule has 3 aromatic rings. The highest BCUT2D eigenvalue weighted by atomic mass is 32.2. The second-order valence-electron chi connectivity index (χ2n) is 7.08. The molecule has 32 heavy (non-hydrogen) atoms. The Kier molecular flexibility index (Phi) is 7.52. The number of carbonyl (C=O) groups excluding carboxylic acids is 1. The van der Waals surface area contributed by atoms with E-state index in [0.29, 0.717) is 28.0 Å². The van der Waals surface area contributed by atoms with Crippen LogP contribution in [-0.2, 0) is 4.79 Å². The van der Waals surface area contributed by atoms with Crippen molar-refractivity contribution in [3.63, 3.8) is 0 Å². The molecule has 11 heteroatoms. The largest absolute Gasteiger partial charge is 0.497 e. The smallest absolute Gasteiger partial charge is 0.387 e. The van der Waals surface area contributed by atoms with Crippen LogP contribution in [0.2, 0.25) is 0 Å². The molecule has 0 saturated heterocycles. The molecule has 1 heterocycles. The highest BCUT2D eigenvalue weighted by Gasteiger charge is 2.27. The predicted molar refractivity (Wildman–Crippen MR) is 118 cm³/mol. The molecule has 8 nitrogen and oxygen atoms in total. The number of nitrogen functional groups attached to an aromatic ring is 1. The van der Waals surface area contributed by atoms with Crippen LogP contribution in [0.1, 0.15) is 13.8 Å². The number of nitrogens with one attached hydrogen (secondary N) is 1. The number of nitrogens with two attached hydrogens (primary N) is 1. The molecule has 1 atom stereocenters. The number of nitrogens with zero attached hydrogens (tertiary/aromatic N) is 3. The molecule has 0 aliphatic carbocycles. The maximum Gasteiger partial charge on any atom is 0.387 e. The maximum atomic E-state index is 12.9. The molecule has 2 aromatic carbocycles. The van der Waals surface area contributed by atoms with E-state index in [1.54, 1.807) is 43.5 Å². The molecule has 1 aromatic heterocycles. The highest BCUT2D eigenvalue weighted by Crippen LogP contribution is 2.30. The zero-order valence-corrected chi connectivity index (χ0v) is 18.5. The van der Waals surface area contributed by atoms with E-state index in [2.05, 4.69) is 20.3 Å². The first-order valence-electron chi connectivity index (χ1n) is 9.65. The zero-order valence-electron chi connectivity index (χ0n) is 17.7. The number of carbonyl (C=O) groups is 1. The van der Waals surface area contributed by atoms with Crippen molar-refractivity contribution in [1.29, 1.82) is 0 Å². The summed E-state index contributed by atoms with van der Waals surface area (Å²) in [5, 5.41) is 10.9. The predicted octanol–water partition coefficient (Wildman–Crippen LogP) is 4.02. The number of thioether (sulfide) groups is 1. The van der Waals surface area contributed by atoms with Gasteiger partial charge in [0.1, 0.15) is 11.5 Å². The van der Waals surface area contributed by atoms with Crippen molar-refractivity contribution in [3.8, 4) is 22.9 Å². The van der Waals surface area contributed by atoms with Gasteiger partial charge in [0.05, 0.1) is 12.4 Å². The Hall–Kier alpha value is -3.34. The molecule has 0 aliphatic heterocycles. The number of hydrogen-bond donors (Lipinski definition) is 2. The van der Waals surface area contributed by atoms with Crippen LogP contribution in [0.4, 0.5) is 14.5 Å². The van der Waals surface area contributed by atoms with E-state index >= 15 is 0 Å². The fourth-order valence-corrected chi connectivity index (χ4v) is 3.79. The van der Waals surface area contributed by atoms with Crippen LogP contribution in [0, 0.1) is 5.92 Å². The average Bonchev–Trinajstić information content (AvgIpc) is 3.12. The molecule has 0 aliphatic rings. The molecule has 0 bridgehead atoms. The number of aromatic nitrogens is 3. The molecule has 3 rings (SSSR count). The van der Waals surface area contributed by atoms with Gasteiger partial charge in [-0.25, -0.2) is 4.68 Å². The summed E-state index contributed by atoms with van der Waals surface area (Å²) >= 11 is 1.19. The molecular weight excluding hydrogens is 440 g/mol. The topological polar surface area (TPSA) is 104 Å². The van der Waals surface area contributed by atoms with Crippen molar-refractivity contribution in [1.82, 2.24) is 14.9 Å². The van der Waals surface area contributed by atoms with Gasteiger partial charge in [-0.3, -0.25) is 4.79 Å². The van der Waals surface area contributed by atoms with Gasteiger partial charge in [0.2, 0.25) is 11.1 Å². The fraction of sp³-hybridized carbons (Fsp3) is 0.286. The van der Waals surface area contributed by atoms with Crippen molar-refractivity contribution >= 4 is 23.4 Å². The van der Waals surface area contributed by atoms with Crippen LogP contribution in [0.15, 0.2) is 53.7 Å². The minimum atomic E-state index is -2.90. The first-order valence-corrected chi connectivity index (χ1v) is 10.5. The first kappa shape index (κ1) is 23.3. The van der Waals surface area contributed by atoms with Crippen LogP contribution in [0.25, 0.3) is 11.4 Å². The number of methoxy groups -OCH3 is 1. The van der Waals surface area contributed by atoms with E-state index in [4.69, 9.17) is 10.6 Å².